The van der Waals surface area contributed by atoms with E-state index in [0.717, 1.165) is 21.1 Å². The highest BCUT2D eigenvalue weighted by molar-refractivity contribution is 7.17. The second-order valence-electron chi connectivity index (χ2n) is 4.14. The van der Waals surface area contributed by atoms with Gasteiger partial charge in [0.05, 0.1) is 5.69 Å². The SMILES string of the molecule is Cc1cc(-c2c(C)sc3nc(N)nn23)ccc1F. The normalized spacial score (nSPS) is 11.3. The zero-order valence-electron chi connectivity index (χ0n) is 9.94. The third kappa shape index (κ3) is 1.57. The Morgan fingerprint density at radius 2 is 2.11 bits per heavy atom. The number of hydrogen-bond acceptors (Lipinski definition) is 4. The molecule has 0 fully saturated rings. The monoisotopic (exact) mass is 262 g/mol. The van der Waals surface area contributed by atoms with Gasteiger partial charge in [0.25, 0.3) is 0 Å². The van der Waals surface area contributed by atoms with Gasteiger partial charge in [-0.05, 0) is 37.6 Å². The Morgan fingerprint density at radius 3 is 2.83 bits per heavy atom. The van der Waals surface area contributed by atoms with Gasteiger partial charge in [-0.2, -0.15) is 4.98 Å². The van der Waals surface area contributed by atoms with Crippen LogP contribution >= 0.6 is 11.3 Å². The molecular weight excluding hydrogens is 251 g/mol. The fourth-order valence-corrected chi connectivity index (χ4v) is 2.91. The van der Waals surface area contributed by atoms with Crippen LogP contribution in [0.4, 0.5) is 10.3 Å². The van der Waals surface area contributed by atoms with Crippen LogP contribution in [-0.2, 0) is 0 Å². The molecular formula is C12H11FN4S. The number of nitrogens with two attached hydrogens (primary N) is 1. The standard InChI is InChI=1S/C12H11FN4S/c1-6-5-8(3-4-9(6)13)10-7(2)18-12-15-11(14)16-17(10)12/h3-5H,1-2H3,(H2,14,16). The van der Waals surface area contributed by atoms with Gasteiger partial charge in [0, 0.05) is 10.4 Å². The van der Waals surface area contributed by atoms with E-state index < -0.39 is 0 Å². The van der Waals surface area contributed by atoms with Crippen molar-refractivity contribution in [3.63, 3.8) is 0 Å². The maximum absolute atomic E-state index is 13.3. The number of anilines is 1. The molecule has 0 saturated heterocycles. The first kappa shape index (κ1) is 11.2. The predicted molar refractivity (Wildman–Crippen MR) is 70.1 cm³/mol. The largest absolute Gasteiger partial charge is 0.366 e. The number of hydrogen-bond donors (Lipinski definition) is 1. The average Bonchev–Trinajstić information content (AvgIpc) is 2.77. The minimum Gasteiger partial charge on any atom is -0.366 e. The number of thiazole rings is 1. The Morgan fingerprint density at radius 1 is 1.33 bits per heavy atom. The van der Waals surface area contributed by atoms with Gasteiger partial charge >= 0.3 is 0 Å². The van der Waals surface area contributed by atoms with Crippen molar-refractivity contribution in [1.82, 2.24) is 14.6 Å². The van der Waals surface area contributed by atoms with Gasteiger partial charge in [0.1, 0.15) is 5.82 Å². The molecule has 3 aromatic rings. The lowest BCUT2D eigenvalue weighted by atomic mass is 10.1. The average molecular weight is 262 g/mol. The van der Waals surface area contributed by atoms with Crippen molar-refractivity contribution in [3.05, 3.63) is 34.5 Å². The summed E-state index contributed by atoms with van der Waals surface area (Å²) in [5.74, 6) is 0.0438. The Balaban J connectivity index is 2.29. The molecule has 0 aliphatic rings. The fraction of sp³-hybridized carbons (Fsp3) is 0.167. The van der Waals surface area contributed by atoms with Crippen LogP contribution in [0.5, 0.6) is 0 Å². The van der Waals surface area contributed by atoms with E-state index in [9.17, 15) is 4.39 Å². The molecule has 0 aliphatic carbocycles. The van der Waals surface area contributed by atoms with Crippen molar-refractivity contribution in [2.75, 3.05) is 5.73 Å². The number of benzene rings is 1. The van der Waals surface area contributed by atoms with Gasteiger partial charge in [-0.1, -0.05) is 11.3 Å². The molecule has 18 heavy (non-hydrogen) atoms. The van der Waals surface area contributed by atoms with E-state index in [1.54, 1.807) is 17.5 Å². The van der Waals surface area contributed by atoms with Crippen molar-refractivity contribution in [3.8, 4) is 11.3 Å². The van der Waals surface area contributed by atoms with Crippen molar-refractivity contribution in [2.24, 2.45) is 0 Å². The van der Waals surface area contributed by atoms with E-state index in [1.807, 2.05) is 13.0 Å². The maximum Gasteiger partial charge on any atom is 0.241 e. The molecule has 0 aliphatic heterocycles. The van der Waals surface area contributed by atoms with Crippen molar-refractivity contribution in [2.45, 2.75) is 13.8 Å². The third-order valence-electron chi connectivity index (χ3n) is 2.81. The summed E-state index contributed by atoms with van der Waals surface area (Å²) in [5, 5.41) is 4.16. The molecule has 0 radical (unpaired) electrons. The van der Waals surface area contributed by atoms with E-state index in [2.05, 4.69) is 10.1 Å². The number of nitrogen functional groups attached to an aromatic ring is 1. The van der Waals surface area contributed by atoms with Crippen LogP contribution < -0.4 is 5.73 Å². The summed E-state index contributed by atoms with van der Waals surface area (Å²) in [6.07, 6.45) is 0. The Kier molecular flexibility index (Phi) is 2.34. The van der Waals surface area contributed by atoms with Crippen LogP contribution in [0.2, 0.25) is 0 Å². The van der Waals surface area contributed by atoms with Crippen LogP contribution in [0.25, 0.3) is 16.2 Å². The smallest absolute Gasteiger partial charge is 0.241 e. The number of aromatic nitrogens is 3. The van der Waals surface area contributed by atoms with Crippen molar-refractivity contribution >= 4 is 22.2 Å². The van der Waals surface area contributed by atoms with Gasteiger partial charge in [0.2, 0.25) is 10.9 Å². The first-order valence-corrected chi connectivity index (χ1v) is 6.26. The summed E-state index contributed by atoms with van der Waals surface area (Å²) in [5.41, 5.74) is 8.04. The minimum atomic E-state index is -0.207. The fourth-order valence-electron chi connectivity index (χ4n) is 1.98. The molecule has 0 spiro atoms. The maximum atomic E-state index is 13.3. The molecule has 0 unspecified atom stereocenters. The van der Waals surface area contributed by atoms with Crippen molar-refractivity contribution < 1.29 is 4.39 Å². The molecule has 0 atom stereocenters. The third-order valence-corrected chi connectivity index (χ3v) is 3.76. The Bertz CT molecular complexity index is 744. The molecule has 4 nitrogen and oxygen atoms in total. The lowest BCUT2D eigenvalue weighted by molar-refractivity contribution is 0.618. The Hall–Kier alpha value is -1.95. The highest BCUT2D eigenvalue weighted by Gasteiger charge is 2.15. The summed E-state index contributed by atoms with van der Waals surface area (Å²) in [7, 11) is 0. The summed E-state index contributed by atoms with van der Waals surface area (Å²) >= 11 is 1.52. The lowest BCUT2D eigenvalue weighted by Gasteiger charge is -2.03. The van der Waals surface area contributed by atoms with Crippen molar-refractivity contribution in [1.29, 1.82) is 0 Å². The number of fused-ring (bicyclic) bond motifs is 1. The molecule has 2 heterocycles. The van der Waals surface area contributed by atoms with Gasteiger partial charge < -0.3 is 5.73 Å². The predicted octanol–water partition coefficient (Wildman–Crippen LogP) is 2.80. The number of rotatable bonds is 1. The topological polar surface area (TPSA) is 56.2 Å². The zero-order valence-corrected chi connectivity index (χ0v) is 10.8. The molecule has 0 bridgehead atoms. The molecule has 6 heteroatoms. The summed E-state index contributed by atoms with van der Waals surface area (Å²) in [6, 6.07) is 5.02. The molecule has 92 valence electrons. The molecule has 2 N–H and O–H groups in total. The minimum absolute atomic E-state index is 0.207. The molecule has 1 aromatic carbocycles. The lowest BCUT2D eigenvalue weighted by Crippen LogP contribution is -1.93. The highest BCUT2D eigenvalue weighted by atomic mass is 32.1. The van der Waals surface area contributed by atoms with Crippen LogP contribution in [-0.4, -0.2) is 14.6 Å². The first-order valence-electron chi connectivity index (χ1n) is 5.44. The quantitative estimate of drug-likeness (QED) is 0.733. The summed E-state index contributed by atoms with van der Waals surface area (Å²) in [6.45, 7) is 3.73. The van der Waals surface area contributed by atoms with Crippen LogP contribution in [0.3, 0.4) is 0 Å². The number of aryl methyl sites for hydroxylation is 2. The summed E-state index contributed by atoms with van der Waals surface area (Å²) in [4.78, 5) is 5.97. The summed E-state index contributed by atoms with van der Waals surface area (Å²) < 4.78 is 15.0. The van der Waals surface area contributed by atoms with E-state index in [4.69, 9.17) is 5.73 Å². The second kappa shape index (κ2) is 3.78. The molecule has 0 amide bonds. The number of halogens is 1. The van der Waals surface area contributed by atoms with Crippen LogP contribution in [0, 0.1) is 19.7 Å². The number of nitrogens with zero attached hydrogens (tertiary/aromatic N) is 3. The second-order valence-corrected chi connectivity index (χ2v) is 5.32. The van der Waals surface area contributed by atoms with E-state index >= 15 is 0 Å². The highest BCUT2D eigenvalue weighted by Crippen LogP contribution is 2.31. The van der Waals surface area contributed by atoms with E-state index in [0.29, 0.717) is 5.56 Å². The van der Waals surface area contributed by atoms with Crippen LogP contribution in [0.1, 0.15) is 10.4 Å². The van der Waals surface area contributed by atoms with Gasteiger partial charge in [0.15, 0.2) is 0 Å². The molecule has 0 saturated carbocycles. The van der Waals surface area contributed by atoms with E-state index in [1.165, 1.54) is 17.4 Å². The zero-order chi connectivity index (χ0) is 12.9. The van der Waals surface area contributed by atoms with Crippen LogP contribution in [0.15, 0.2) is 18.2 Å². The Labute approximate surface area is 107 Å². The van der Waals surface area contributed by atoms with E-state index in [-0.39, 0.29) is 11.8 Å². The molecule has 2 aromatic heterocycles. The first-order chi connectivity index (χ1) is 8.56. The van der Waals surface area contributed by atoms with Gasteiger partial charge in [-0.3, -0.25) is 0 Å². The molecule has 3 rings (SSSR count). The van der Waals surface area contributed by atoms with Gasteiger partial charge in [-0.25, -0.2) is 8.91 Å². The van der Waals surface area contributed by atoms with Gasteiger partial charge in [-0.15, -0.1) is 5.10 Å².